The lowest BCUT2D eigenvalue weighted by Crippen LogP contribution is -2.39. The molecule has 0 bridgehead atoms. The van der Waals surface area contributed by atoms with Gasteiger partial charge in [0, 0.05) is 41.0 Å². The van der Waals surface area contributed by atoms with Crippen molar-refractivity contribution in [1.29, 1.82) is 0 Å². The molecular weight excluding hydrogens is 356 g/mol. The van der Waals surface area contributed by atoms with Crippen molar-refractivity contribution in [2.75, 3.05) is 6.54 Å². The Labute approximate surface area is 166 Å². The van der Waals surface area contributed by atoms with E-state index in [1.54, 1.807) is 0 Å². The van der Waals surface area contributed by atoms with Crippen LogP contribution in [0.4, 0.5) is 0 Å². The van der Waals surface area contributed by atoms with Gasteiger partial charge in [0.15, 0.2) is 0 Å². The number of aryl methyl sites for hydroxylation is 1. The molecule has 2 fully saturated rings. The van der Waals surface area contributed by atoms with Crippen LogP contribution in [-0.2, 0) is 11.2 Å². The number of hydrogen-bond acceptors (Lipinski definition) is 2. The number of benzene rings is 1. The van der Waals surface area contributed by atoms with Crippen LogP contribution in [0, 0.1) is 12.8 Å². The second-order valence-electron chi connectivity index (χ2n) is 8.01. The molecule has 27 heavy (non-hydrogen) atoms. The van der Waals surface area contributed by atoms with Crippen molar-refractivity contribution < 1.29 is 4.79 Å². The summed E-state index contributed by atoms with van der Waals surface area (Å²) >= 11 is 6.58. The lowest BCUT2D eigenvalue weighted by Gasteiger charge is -2.31. The van der Waals surface area contributed by atoms with Gasteiger partial charge in [0.1, 0.15) is 0 Å². The molecule has 1 aromatic heterocycles. The Kier molecular flexibility index (Phi) is 5.49. The van der Waals surface area contributed by atoms with Crippen LogP contribution >= 0.6 is 11.6 Å². The normalized spacial score (nSPS) is 21.0. The first-order valence-electron chi connectivity index (χ1n) is 10.1. The molecule has 1 unspecified atom stereocenters. The number of hydrogen-bond donors (Lipinski definition) is 0. The highest BCUT2D eigenvalue weighted by Crippen LogP contribution is 2.33. The van der Waals surface area contributed by atoms with Gasteiger partial charge in [-0.2, -0.15) is 0 Å². The average Bonchev–Trinajstić information content (AvgIpc) is 3.05. The lowest BCUT2D eigenvalue weighted by atomic mass is 9.93. The topological polar surface area (TPSA) is 33.2 Å². The summed E-state index contributed by atoms with van der Waals surface area (Å²) in [7, 11) is 0. The second-order valence-corrected chi connectivity index (χ2v) is 8.41. The van der Waals surface area contributed by atoms with Crippen LogP contribution in [0.1, 0.15) is 49.8 Å². The molecule has 2 aliphatic rings. The van der Waals surface area contributed by atoms with Crippen molar-refractivity contribution in [3.63, 3.8) is 0 Å². The summed E-state index contributed by atoms with van der Waals surface area (Å²) in [6.45, 7) is 2.90. The van der Waals surface area contributed by atoms with E-state index in [1.807, 2.05) is 25.3 Å². The Morgan fingerprint density at radius 2 is 1.85 bits per heavy atom. The number of aromatic nitrogens is 1. The smallest absolute Gasteiger partial charge is 0.226 e. The van der Waals surface area contributed by atoms with Crippen LogP contribution in [-0.4, -0.2) is 28.4 Å². The second kappa shape index (κ2) is 8.02. The van der Waals surface area contributed by atoms with E-state index >= 15 is 0 Å². The SMILES string of the molecule is Cc1ccc(-c2ccc(CC3CCN(C4CCCCC4)C3=O)c(Cl)c2)cn1. The number of nitrogens with zero attached hydrogens (tertiary/aromatic N) is 2. The standard InChI is InChI=1S/C23H27ClN2O/c1-16-7-8-20(15-25-16)17-9-10-18(22(24)14-17)13-19-11-12-26(23(19)27)21-5-3-2-4-6-21/h7-10,14-15,19,21H,2-6,11-13H2,1H3. The van der Waals surface area contributed by atoms with Crippen molar-refractivity contribution in [2.45, 2.75) is 57.9 Å². The molecule has 1 aliphatic heterocycles. The molecule has 0 spiro atoms. The lowest BCUT2D eigenvalue weighted by molar-refractivity contribution is -0.133. The predicted molar refractivity (Wildman–Crippen MR) is 110 cm³/mol. The molecule has 3 nitrogen and oxygen atoms in total. The molecule has 1 saturated carbocycles. The Morgan fingerprint density at radius 3 is 2.56 bits per heavy atom. The summed E-state index contributed by atoms with van der Waals surface area (Å²) in [6.07, 6.45) is 9.78. The van der Waals surface area contributed by atoms with Gasteiger partial charge in [-0.25, -0.2) is 0 Å². The van der Waals surface area contributed by atoms with Crippen LogP contribution in [0.15, 0.2) is 36.5 Å². The van der Waals surface area contributed by atoms with E-state index in [4.69, 9.17) is 11.6 Å². The molecule has 4 heteroatoms. The number of amides is 1. The van der Waals surface area contributed by atoms with Crippen LogP contribution in [0.3, 0.4) is 0 Å². The molecule has 4 rings (SSSR count). The summed E-state index contributed by atoms with van der Waals surface area (Å²) in [6, 6.07) is 10.7. The van der Waals surface area contributed by atoms with Gasteiger partial charge in [0.2, 0.25) is 5.91 Å². The fourth-order valence-electron chi connectivity index (χ4n) is 4.50. The fourth-order valence-corrected chi connectivity index (χ4v) is 4.76. The fraction of sp³-hybridized carbons (Fsp3) is 0.478. The summed E-state index contributed by atoms with van der Waals surface area (Å²) in [4.78, 5) is 19.4. The highest BCUT2D eigenvalue weighted by Gasteiger charge is 2.36. The first-order chi connectivity index (χ1) is 13.1. The zero-order chi connectivity index (χ0) is 18.8. The minimum atomic E-state index is 0.0799. The van der Waals surface area contributed by atoms with E-state index in [1.165, 1.54) is 32.1 Å². The molecule has 1 atom stereocenters. The summed E-state index contributed by atoms with van der Waals surface area (Å²) < 4.78 is 0. The van der Waals surface area contributed by atoms with E-state index in [9.17, 15) is 4.79 Å². The minimum Gasteiger partial charge on any atom is -0.339 e. The number of carbonyl (C=O) groups excluding carboxylic acids is 1. The van der Waals surface area contributed by atoms with Gasteiger partial charge >= 0.3 is 0 Å². The highest BCUT2D eigenvalue weighted by molar-refractivity contribution is 6.31. The van der Waals surface area contributed by atoms with Crippen LogP contribution < -0.4 is 0 Å². The summed E-state index contributed by atoms with van der Waals surface area (Å²) in [5.41, 5.74) is 4.21. The molecule has 2 aromatic rings. The van der Waals surface area contributed by atoms with Gasteiger partial charge in [-0.1, -0.05) is 49.1 Å². The van der Waals surface area contributed by atoms with Crippen LogP contribution in [0.25, 0.3) is 11.1 Å². The summed E-state index contributed by atoms with van der Waals surface area (Å²) in [5.74, 6) is 0.418. The number of pyridine rings is 1. The van der Waals surface area contributed by atoms with E-state index in [-0.39, 0.29) is 5.92 Å². The maximum absolute atomic E-state index is 12.9. The van der Waals surface area contributed by atoms with Crippen LogP contribution in [0.2, 0.25) is 5.02 Å². The monoisotopic (exact) mass is 382 g/mol. The van der Waals surface area contributed by atoms with Crippen molar-refractivity contribution in [3.8, 4) is 11.1 Å². The quantitative estimate of drug-likeness (QED) is 0.705. The molecule has 0 N–H and O–H groups in total. The van der Waals surface area contributed by atoms with Crippen LogP contribution in [0.5, 0.6) is 0 Å². The molecule has 1 saturated heterocycles. The Bertz CT molecular complexity index is 812. The molecule has 0 radical (unpaired) electrons. The maximum Gasteiger partial charge on any atom is 0.226 e. The van der Waals surface area contributed by atoms with Crippen molar-refractivity contribution in [3.05, 3.63) is 52.8 Å². The largest absolute Gasteiger partial charge is 0.339 e. The summed E-state index contributed by atoms with van der Waals surface area (Å²) in [5, 5.41) is 0.747. The third-order valence-corrected chi connectivity index (χ3v) is 6.48. The number of halogens is 1. The third-order valence-electron chi connectivity index (χ3n) is 6.13. The number of rotatable bonds is 4. The number of carbonyl (C=O) groups is 1. The minimum absolute atomic E-state index is 0.0799. The first kappa shape index (κ1) is 18.5. The highest BCUT2D eigenvalue weighted by atomic mass is 35.5. The van der Waals surface area contributed by atoms with E-state index < -0.39 is 0 Å². The molecule has 1 aliphatic carbocycles. The maximum atomic E-state index is 12.9. The van der Waals surface area contributed by atoms with Gasteiger partial charge in [-0.15, -0.1) is 0 Å². The van der Waals surface area contributed by atoms with E-state index in [0.29, 0.717) is 11.9 Å². The third kappa shape index (κ3) is 4.03. The van der Waals surface area contributed by atoms with Gasteiger partial charge < -0.3 is 4.90 Å². The van der Waals surface area contributed by atoms with Gasteiger partial charge in [0.25, 0.3) is 0 Å². The van der Waals surface area contributed by atoms with Gasteiger partial charge in [-0.05, 0) is 55.9 Å². The Hall–Kier alpha value is -1.87. The first-order valence-corrected chi connectivity index (χ1v) is 10.5. The molecular formula is C23H27ClN2O. The van der Waals surface area contributed by atoms with Crippen molar-refractivity contribution in [2.24, 2.45) is 5.92 Å². The zero-order valence-electron chi connectivity index (χ0n) is 16.0. The average molecular weight is 383 g/mol. The van der Waals surface area contributed by atoms with Gasteiger partial charge in [0.05, 0.1) is 0 Å². The molecule has 1 aromatic carbocycles. The molecule has 1 amide bonds. The van der Waals surface area contributed by atoms with E-state index in [0.717, 1.165) is 46.8 Å². The predicted octanol–water partition coefficient (Wildman–Crippen LogP) is 5.43. The van der Waals surface area contributed by atoms with Crippen molar-refractivity contribution in [1.82, 2.24) is 9.88 Å². The number of likely N-dealkylation sites (tertiary alicyclic amines) is 1. The van der Waals surface area contributed by atoms with Gasteiger partial charge in [-0.3, -0.25) is 9.78 Å². The molecule has 2 heterocycles. The van der Waals surface area contributed by atoms with Crippen molar-refractivity contribution >= 4 is 17.5 Å². The Morgan fingerprint density at radius 1 is 1.07 bits per heavy atom. The molecule has 142 valence electrons. The van der Waals surface area contributed by atoms with E-state index in [2.05, 4.69) is 28.1 Å². The zero-order valence-corrected chi connectivity index (χ0v) is 16.7. The Balaban J connectivity index is 1.45.